The summed E-state index contributed by atoms with van der Waals surface area (Å²) >= 11 is 0. The van der Waals surface area contributed by atoms with Gasteiger partial charge < -0.3 is 19.9 Å². The van der Waals surface area contributed by atoms with Gasteiger partial charge in [0.2, 0.25) is 5.95 Å². The first-order valence-electron chi connectivity index (χ1n) is 10.1. The van der Waals surface area contributed by atoms with E-state index in [2.05, 4.69) is 48.7 Å². The minimum atomic E-state index is 0.618. The quantitative estimate of drug-likeness (QED) is 0.308. The van der Waals surface area contributed by atoms with Gasteiger partial charge in [-0.2, -0.15) is 15.1 Å². The van der Waals surface area contributed by atoms with Crippen molar-refractivity contribution in [2.45, 2.75) is 19.8 Å². The summed E-state index contributed by atoms with van der Waals surface area (Å²) in [6.45, 7) is 6.08. The Morgan fingerprint density at radius 1 is 1.24 bits per heavy atom. The highest BCUT2D eigenvalue weighted by Crippen LogP contribution is 2.20. The van der Waals surface area contributed by atoms with Crippen LogP contribution in [0.4, 0.5) is 17.6 Å². The molecule has 1 aliphatic rings. The topological polar surface area (TPSA) is 90.5 Å². The lowest BCUT2D eigenvalue weighted by Gasteiger charge is -2.28. The fourth-order valence-corrected chi connectivity index (χ4v) is 3.27. The fourth-order valence-electron chi connectivity index (χ4n) is 3.27. The van der Waals surface area contributed by atoms with Crippen molar-refractivity contribution in [2.24, 2.45) is 5.10 Å². The highest BCUT2D eigenvalue weighted by atomic mass is 16.5. The van der Waals surface area contributed by atoms with Crippen molar-refractivity contribution >= 4 is 34.7 Å². The lowest BCUT2D eigenvalue weighted by Crippen LogP contribution is -2.37. The van der Waals surface area contributed by atoms with Crippen molar-refractivity contribution in [3.63, 3.8) is 0 Å². The molecule has 3 heterocycles. The smallest absolute Gasteiger partial charge is 0.226 e. The van der Waals surface area contributed by atoms with Crippen molar-refractivity contribution in [1.82, 2.24) is 15.0 Å². The second-order valence-electron chi connectivity index (χ2n) is 6.97. The third-order valence-electron chi connectivity index (χ3n) is 4.87. The van der Waals surface area contributed by atoms with E-state index < -0.39 is 0 Å². The molecular weight excluding hydrogens is 366 g/mol. The number of benzene rings is 1. The number of hydrogen-bond donors (Lipinski definition) is 3. The molecule has 0 spiro atoms. The van der Waals surface area contributed by atoms with Gasteiger partial charge in [0, 0.05) is 48.4 Å². The Bertz CT molecular complexity index is 963. The largest absolute Gasteiger partial charge is 0.378 e. The van der Waals surface area contributed by atoms with E-state index >= 15 is 0 Å². The predicted octanol–water partition coefficient (Wildman–Crippen LogP) is 3.45. The molecular formula is C21H27N7O. The van der Waals surface area contributed by atoms with E-state index in [-0.39, 0.29) is 0 Å². The third kappa shape index (κ3) is 4.83. The molecule has 8 heteroatoms. The number of aromatic amines is 1. The number of hydrazone groups is 1. The molecule has 0 radical (unpaired) electrons. The molecule has 29 heavy (non-hydrogen) atoms. The Kier molecular flexibility index (Phi) is 6.21. The van der Waals surface area contributed by atoms with Crippen LogP contribution in [-0.4, -0.2) is 54.0 Å². The summed E-state index contributed by atoms with van der Waals surface area (Å²) in [5.74, 6) is 2.16. The number of fused-ring (bicyclic) bond motifs is 1. The number of H-pyrrole nitrogens is 1. The summed E-state index contributed by atoms with van der Waals surface area (Å²) in [5, 5.41) is 8.85. The Morgan fingerprint density at radius 3 is 2.97 bits per heavy atom. The third-order valence-corrected chi connectivity index (χ3v) is 4.87. The van der Waals surface area contributed by atoms with Gasteiger partial charge in [0.25, 0.3) is 0 Å². The van der Waals surface area contributed by atoms with E-state index in [4.69, 9.17) is 4.74 Å². The van der Waals surface area contributed by atoms with Crippen LogP contribution < -0.4 is 15.6 Å². The van der Waals surface area contributed by atoms with Gasteiger partial charge in [-0.3, -0.25) is 5.43 Å². The van der Waals surface area contributed by atoms with Crippen LogP contribution in [0.25, 0.3) is 10.9 Å². The van der Waals surface area contributed by atoms with Crippen LogP contribution >= 0.6 is 0 Å². The van der Waals surface area contributed by atoms with E-state index in [1.165, 1.54) is 0 Å². The summed E-state index contributed by atoms with van der Waals surface area (Å²) < 4.78 is 5.46. The number of morpholine rings is 1. The van der Waals surface area contributed by atoms with E-state index in [9.17, 15) is 0 Å². The Balaban J connectivity index is 1.52. The molecule has 0 saturated carbocycles. The van der Waals surface area contributed by atoms with Crippen LogP contribution in [0.3, 0.4) is 0 Å². The van der Waals surface area contributed by atoms with Crippen molar-refractivity contribution in [2.75, 3.05) is 48.5 Å². The lowest BCUT2D eigenvalue weighted by atomic mass is 10.2. The SMILES string of the molecule is CCCCNc1nc(N/N=C\c2c[nH]c3ccccc23)cc(N2CCOCC2)n1. The average molecular weight is 393 g/mol. The molecule has 0 unspecified atom stereocenters. The summed E-state index contributed by atoms with van der Waals surface area (Å²) in [4.78, 5) is 14.7. The standard InChI is InChI=1S/C21H27N7O/c1-2-3-8-22-21-25-19(13-20(26-21)28-9-11-29-12-10-28)27-24-15-16-14-23-18-7-5-4-6-17(16)18/h4-7,13-15,23H,2-3,8-12H2,1H3,(H2,22,25,26,27)/b24-15-. The van der Waals surface area contributed by atoms with Gasteiger partial charge in [-0.25, -0.2) is 0 Å². The number of ether oxygens (including phenoxy) is 1. The Hall–Kier alpha value is -3.13. The molecule has 0 bridgehead atoms. The number of anilines is 3. The van der Waals surface area contributed by atoms with Crippen LogP contribution in [0, 0.1) is 0 Å². The van der Waals surface area contributed by atoms with Gasteiger partial charge in [-0.1, -0.05) is 31.5 Å². The summed E-state index contributed by atoms with van der Waals surface area (Å²) in [6.07, 6.45) is 5.95. The number of aromatic nitrogens is 3. The number of hydrogen-bond acceptors (Lipinski definition) is 7. The molecule has 3 aromatic rings. The fraction of sp³-hybridized carbons (Fsp3) is 0.381. The zero-order chi connectivity index (χ0) is 19.9. The molecule has 2 aromatic heterocycles. The molecule has 1 aromatic carbocycles. The van der Waals surface area contributed by atoms with Crippen molar-refractivity contribution in [3.05, 3.63) is 42.1 Å². The van der Waals surface area contributed by atoms with E-state index in [0.29, 0.717) is 25.0 Å². The average Bonchev–Trinajstić information content (AvgIpc) is 3.18. The van der Waals surface area contributed by atoms with Crippen LogP contribution in [0.2, 0.25) is 0 Å². The molecule has 8 nitrogen and oxygen atoms in total. The number of unbranched alkanes of at least 4 members (excludes halogenated alkanes) is 1. The molecule has 152 valence electrons. The molecule has 4 rings (SSSR count). The maximum Gasteiger partial charge on any atom is 0.226 e. The molecule has 0 amide bonds. The summed E-state index contributed by atoms with van der Waals surface area (Å²) in [5.41, 5.74) is 5.18. The predicted molar refractivity (Wildman–Crippen MR) is 118 cm³/mol. The summed E-state index contributed by atoms with van der Waals surface area (Å²) in [7, 11) is 0. The number of rotatable bonds is 8. The van der Waals surface area contributed by atoms with Crippen molar-refractivity contribution < 1.29 is 4.74 Å². The first-order chi connectivity index (χ1) is 14.3. The molecule has 0 aliphatic carbocycles. The second-order valence-corrected chi connectivity index (χ2v) is 6.97. The van der Waals surface area contributed by atoms with Gasteiger partial charge >= 0.3 is 0 Å². The molecule has 1 aliphatic heterocycles. The molecule has 3 N–H and O–H groups in total. The van der Waals surface area contributed by atoms with Gasteiger partial charge in [-0.15, -0.1) is 0 Å². The highest BCUT2D eigenvalue weighted by Gasteiger charge is 2.15. The van der Waals surface area contributed by atoms with Crippen molar-refractivity contribution in [3.8, 4) is 0 Å². The van der Waals surface area contributed by atoms with Crippen LogP contribution in [0.15, 0.2) is 41.6 Å². The van der Waals surface area contributed by atoms with Crippen LogP contribution in [0.5, 0.6) is 0 Å². The number of nitrogens with zero attached hydrogens (tertiary/aromatic N) is 4. The zero-order valence-corrected chi connectivity index (χ0v) is 16.7. The molecule has 1 fully saturated rings. The maximum absolute atomic E-state index is 5.46. The number of para-hydroxylation sites is 1. The van der Waals surface area contributed by atoms with E-state index in [1.807, 2.05) is 30.5 Å². The molecule has 1 saturated heterocycles. The minimum absolute atomic E-state index is 0.618. The van der Waals surface area contributed by atoms with Crippen LogP contribution in [-0.2, 0) is 4.74 Å². The van der Waals surface area contributed by atoms with Crippen LogP contribution in [0.1, 0.15) is 25.3 Å². The van der Waals surface area contributed by atoms with Gasteiger partial charge in [0.05, 0.1) is 19.4 Å². The maximum atomic E-state index is 5.46. The monoisotopic (exact) mass is 393 g/mol. The zero-order valence-electron chi connectivity index (χ0n) is 16.7. The van der Waals surface area contributed by atoms with E-state index in [1.54, 1.807) is 6.21 Å². The second kappa shape index (κ2) is 9.38. The van der Waals surface area contributed by atoms with Crippen molar-refractivity contribution in [1.29, 1.82) is 0 Å². The van der Waals surface area contributed by atoms with E-state index in [0.717, 1.165) is 54.8 Å². The molecule has 0 atom stereocenters. The van der Waals surface area contributed by atoms with Gasteiger partial charge in [-0.05, 0) is 12.5 Å². The minimum Gasteiger partial charge on any atom is -0.378 e. The Morgan fingerprint density at radius 2 is 2.10 bits per heavy atom. The highest BCUT2D eigenvalue weighted by molar-refractivity contribution is 5.99. The Labute approximate surface area is 170 Å². The first-order valence-corrected chi connectivity index (χ1v) is 10.1. The normalized spacial score (nSPS) is 14.6. The van der Waals surface area contributed by atoms with Gasteiger partial charge in [0.15, 0.2) is 5.82 Å². The summed E-state index contributed by atoms with van der Waals surface area (Å²) in [6, 6.07) is 10.1. The van der Waals surface area contributed by atoms with Gasteiger partial charge in [0.1, 0.15) is 5.82 Å². The lowest BCUT2D eigenvalue weighted by molar-refractivity contribution is 0.122. The first kappa shape index (κ1) is 19.2. The number of nitrogens with one attached hydrogen (secondary N) is 3.